The van der Waals surface area contributed by atoms with Crippen LogP contribution in [0.5, 0.6) is 0 Å². The summed E-state index contributed by atoms with van der Waals surface area (Å²) in [5.41, 5.74) is 13.7. The molecule has 8 aromatic carbocycles. The molecule has 11 rings (SSSR count). The lowest BCUT2D eigenvalue weighted by Crippen LogP contribution is -1.94. The number of fused-ring (bicyclic) bond motifs is 10. The molecule has 3 nitrogen and oxygen atoms in total. The van der Waals surface area contributed by atoms with E-state index in [4.69, 9.17) is 4.42 Å². The third-order valence-electron chi connectivity index (χ3n) is 10.5. The van der Waals surface area contributed by atoms with Gasteiger partial charge in [0.2, 0.25) is 0 Å². The zero-order valence-corrected chi connectivity index (χ0v) is 27.6. The average Bonchev–Trinajstić information content (AvgIpc) is 3.86. The Balaban J connectivity index is 0.985. The molecular weight excluding hydrogens is 621 g/mol. The van der Waals surface area contributed by atoms with Crippen LogP contribution in [0.4, 0.5) is 0 Å². The van der Waals surface area contributed by atoms with Crippen molar-refractivity contribution in [3.63, 3.8) is 0 Å². The van der Waals surface area contributed by atoms with Gasteiger partial charge in [0.25, 0.3) is 0 Å². The fraction of sp³-hybridized carbons (Fsp3) is 0. The van der Waals surface area contributed by atoms with Crippen LogP contribution in [-0.2, 0) is 0 Å². The highest BCUT2D eigenvalue weighted by atomic mass is 16.3. The Hall–Kier alpha value is -6.84. The van der Waals surface area contributed by atoms with Crippen LogP contribution in [0.3, 0.4) is 0 Å². The first-order valence-electron chi connectivity index (χ1n) is 17.4. The smallest absolute Gasteiger partial charge is 0.145 e. The summed E-state index contributed by atoms with van der Waals surface area (Å²) < 4.78 is 11.2. The minimum Gasteiger partial charge on any atom is -0.455 e. The minimum atomic E-state index is 0.919. The first-order chi connectivity index (χ1) is 25.3. The number of aromatic nitrogens is 2. The standard InChI is InChI=1S/C48H30N2O/c1-2-10-31(11-3-1)34-22-28-44-41(30-34)37-12-4-7-15-42(37)49(44)35-23-18-32(19-24-35)33-20-25-36(26-21-33)50-43-16-8-5-14-40(43)47-45(50)29-27-39-38-13-6-9-17-46(38)51-48(39)47/h1-30H. The van der Waals surface area contributed by atoms with Gasteiger partial charge in [0.1, 0.15) is 11.2 Å². The van der Waals surface area contributed by atoms with Gasteiger partial charge in [-0.05, 0) is 89.0 Å². The number of nitrogens with zero attached hydrogens (tertiary/aromatic N) is 2. The van der Waals surface area contributed by atoms with Gasteiger partial charge in [0.05, 0.1) is 27.5 Å². The summed E-state index contributed by atoms with van der Waals surface area (Å²) in [7, 11) is 0. The van der Waals surface area contributed by atoms with E-state index in [0.29, 0.717) is 0 Å². The van der Waals surface area contributed by atoms with Crippen molar-refractivity contribution < 1.29 is 4.42 Å². The molecule has 3 heteroatoms. The monoisotopic (exact) mass is 650 g/mol. The maximum Gasteiger partial charge on any atom is 0.145 e. The highest BCUT2D eigenvalue weighted by Crippen LogP contribution is 2.41. The van der Waals surface area contributed by atoms with Crippen LogP contribution < -0.4 is 0 Å². The molecule has 0 aliphatic rings. The quantitative estimate of drug-likeness (QED) is 0.186. The Morgan fingerprint density at radius 1 is 0.314 bits per heavy atom. The Bertz CT molecular complexity index is 3100. The molecule has 0 aliphatic carbocycles. The van der Waals surface area contributed by atoms with Gasteiger partial charge in [-0.3, -0.25) is 0 Å². The molecule has 0 radical (unpaired) electrons. The fourth-order valence-corrected chi connectivity index (χ4v) is 8.18. The molecule has 0 bridgehead atoms. The lowest BCUT2D eigenvalue weighted by atomic mass is 10.0. The number of rotatable bonds is 4. The largest absolute Gasteiger partial charge is 0.455 e. The summed E-state index contributed by atoms with van der Waals surface area (Å²) in [6, 6.07) is 65.4. The fourth-order valence-electron chi connectivity index (χ4n) is 8.18. The summed E-state index contributed by atoms with van der Waals surface area (Å²) in [5, 5.41) is 7.17. The number of furan rings is 1. The van der Waals surface area contributed by atoms with Gasteiger partial charge in [-0.2, -0.15) is 0 Å². The SMILES string of the molecule is c1ccc(-c2ccc3c(c2)c2ccccc2n3-c2ccc(-c3ccc(-n4c5ccccc5c5c6oc7ccccc7c6ccc54)cc3)cc2)cc1. The molecule has 3 aromatic heterocycles. The normalized spacial score (nSPS) is 11.9. The highest BCUT2D eigenvalue weighted by molar-refractivity contribution is 6.23. The van der Waals surface area contributed by atoms with Gasteiger partial charge in [0.15, 0.2) is 0 Å². The summed E-state index contributed by atoms with van der Waals surface area (Å²) in [6.45, 7) is 0. The van der Waals surface area contributed by atoms with Gasteiger partial charge < -0.3 is 13.6 Å². The molecule has 0 saturated heterocycles. The van der Waals surface area contributed by atoms with Crippen molar-refractivity contribution in [1.82, 2.24) is 9.13 Å². The lowest BCUT2D eigenvalue weighted by Gasteiger charge is -2.11. The maximum atomic E-state index is 6.49. The van der Waals surface area contributed by atoms with Gasteiger partial charge in [-0.1, -0.05) is 115 Å². The van der Waals surface area contributed by atoms with Crippen LogP contribution in [0.2, 0.25) is 0 Å². The molecule has 3 heterocycles. The van der Waals surface area contributed by atoms with E-state index in [1.54, 1.807) is 0 Å². The molecule has 11 aromatic rings. The summed E-state index contributed by atoms with van der Waals surface area (Å²) >= 11 is 0. The van der Waals surface area contributed by atoms with Crippen LogP contribution in [0.25, 0.3) is 99.2 Å². The third kappa shape index (κ3) is 4.19. The van der Waals surface area contributed by atoms with Crippen molar-refractivity contribution in [2.75, 3.05) is 0 Å². The third-order valence-corrected chi connectivity index (χ3v) is 10.5. The van der Waals surface area contributed by atoms with Crippen LogP contribution >= 0.6 is 0 Å². The van der Waals surface area contributed by atoms with E-state index in [1.807, 2.05) is 6.07 Å². The summed E-state index contributed by atoms with van der Waals surface area (Å²) in [5.74, 6) is 0. The van der Waals surface area contributed by atoms with E-state index in [-0.39, 0.29) is 0 Å². The molecule has 0 atom stereocenters. The zero-order valence-electron chi connectivity index (χ0n) is 27.6. The van der Waals surface area contributed by atoms with Crippen LogP contribution in [0, 0.1) is 0 Å². The number of benzene rings is 8. The molecule has 238 valence electrons. The molecule has 0 fully saturated rings. The highest BCUT2D eigenvalue weighted by Gasteiger charge is 2.19. The van der Waals surface area contributed by atoms with Crippen molar-refractivity contribution in [3.8, 4) is 33.6 Å². The predicted octanol–water partition coefficient (Wildman–Crippen LogP) is 13.1. The second kappa shape index (κ2) is 10.8. The van der Waals surface area contributed by atoms with E-state index >= 15 is 0 Å². The molecule has 0 N–H and O–H groups in total. The van der Waals surface area contributed by atoms with E-state index in [9.17, 15) is 0 Å². The first-order valence-corrected chi connectivity index (χ1v) is 17.4. The van der Waals surface area contributed by atoms with Gasteiger partial charge >= 0.3 is 0 Å². The van der Waals surface area contributed by atoms with Crippen LogP contribution in [0.15, 0.2) is 186 Å². The molecule has 0 amide bonds. The van der Waals surface area contributed by atoms with Crippen molar-refractivity contribution in [1.29, 1.82) is 0 Å². The van der Waals surface area contributed by atoms with E-state index in [0.717, 1.165) is 44.2 Å². The predicted molar refractivity (Wildman–Crippen MR) is 213 cm³/mol. The van der Waals surface area contributed by atoms with E-state index in [2.05, 4.69) is 185 Å². The number of para-hydroxylation sites is 3. The lowest BCUT2D eigenvalue weighted by molar-refractivity contribution is 0.673. The number of hydrogen-bond acceptors (Lipinski definition) is 1. The van der Waals surface area contributed by atoms with E-state index < -0.39 is 0 Å². The average molecular weight is 651 g/mol. The minimum absolute atomic E-state index is 0.919. The van der Waals surface area contributed by atoms with Gasteiger partial charge in [-0.25, -0.2) is 0 Å². The van der Waals surface area contributed by atoms with E-state index in [1.165, 1.54) is 55.0 Å². The Morgan fingerprint density at radius 2 is 0.824 bits per heavy atom. The molecule has 0 unspecified atom stereocenters. The summed E-state index contributed by atoms with van der Waals surface area (Å²) in [6.07, 6.45) is 0. The van der Waals surface area contributed by atoms with Crippen LogP contribution in [0.1, 0.15) is 0 Å². The van der Waals surface area contributed by atoms with Gasteiger partial charge in [0, 0.05) is 38.3 Å². The van der Waals surface area contributed by atoms with Crippen molar-refractivity contribution in [3.05, 3.63) is 182 Å². The van der Waals surface area contributed by atoms with Gasteiger partial charge in [-0.15, -0.1) is 0 Å². The molecular formula is C48H30N2O. The molecule has 51 heavy (non-hydrogen) atoms. The molecule has 0 saturated carbocycles. The topological polar surface area (TPSA) is 23.0 Å². The van der Waals surface area contributed by atoms with Crippen LogP contribution in [-0.4, -0.2) is 9.13 Å². The first kappa shape index (κ1) is 28.0. The van der Waals surface area contributed by atoms with Crippen molar-refractivity contribution in [2.45, 2.75) is 0 Å². The molecule has 0 aliphatic heterocycles. The van der Waals surface area contributed by atoms with Crippen molar-refractivity contribution >= 4 is 65.6 Å². The Morgan fingerprint density at radius 3 is 1.55 bits per heavy atom. The van der Waals surface area contributed by atoms with Crippen molar-refractivity contribution in [2.24, 2.45) is 0 Å². The maximum absolute atomic E-state index is 6.49. The second-order valence-corrected chi connectivity index (χ2v) is 13.3. The number of hydrogen-bond donors (Lipinski definition) is 0. The summed E-state index contributed by atoms with van der Waals surface area (Å²) in [4.78, 5) is 0. The molecule has 0 spiro atoms. The Labute approximate surface area is 293 Å². The second-order valence-electron chi connectivity index (χ2n) is 13.3. The Kier molecular flexibility index (Phi) is 5.96. The zero-order chi connectivity index (χ0) is 33.5.